The van der Waals surface area contributed by atoms with Crippen LogP contribution in [0, 0.1) is 0 Å². The molecule has 42 heavy (non-hydrogen) atoms. The molecule has 6 aromatic carbocycles. The number of anilines is 1. The first-order chi connectivity index (χ1) is 20.8. The summed E-state index contributed by atoms with van der Waals surface area (Å²) in [7, 11) is 0. The highest BCUT2D eigenvalue weighted by molar-refractivity contribution is 6.13. The molecule has 1 atom stereocenters. The van der Waals surface area contributed by atoms with Crippen LogP contribution in [-0.4, -0.2) is 10.4 Å². The fourth-order valence-electron chi connectivity index (χ4n) is 6.14. The lowest BCUT2D eigenvalue weighted by Crippen LogP contribution is -2.37. The van der Waals surface area contributed by atoms with Gasteiger partial charge in [-0.1, -0.05) is 127 Å². The Balaban J connectivity index is 1.32. The molecule has 0 saturated heterocycles. The first kappa shape index (κ1) is 24.2. The molecule has 1 aliphatic rings. The molecule has 4 nitrogen and oxygen atoms in total. The normalized spacial score (nSPS) is 14.7. The fraction of sp³-hybridized carbons (Fsp3) is 0.0263. The molecule has 1 aliphatic heterocycles. The maximum atomic E-state index is 5.02. The van der Waals surface area contributed by atoms with Gasteiger partial charge in [0.05, 0.1) is 11.0 Å². The predicted molar refractivity (Wildman–Crippen MR) is 174 cm³/mol. The van der Waals surface area contributed by atoms with E-state index in [1.54, 1.807) is 0 Å². The summed E-state index contributed by atoms with van der Waals surface area (Å²) in [6.45, 7) is 0. The Labute approximate surface area is 244 Å². The third-order valence-electron chi connectivity index (χ3n) is 8.08. The highest BCUT2D eigenvalue weighted by atomic mass is 15.6. The average Bonchev–Trinajstić information content (AvgIpc) is 3.65. The topological polar surface area (TPSA) is 32.6 Å². The molecule has 7 aromatic rings. The minimum Gasteiger partial charge on any atom is -0.301 e. The number of amidine groups is 1. The number of para-hydroxylation sites is 2. The van der Waals surface area contributed by atoms with E-state index < -0.39 is 0 Å². The van der Waals surface area contributed by atoms with Gasteiger partial charge in [-0.3, -0.25) is 10.3 Å². The first-order valence-electron chi connectivity index (χ1n) is 14.3. The third kappa shape index (κ3) is 4.04. The van der Waals surface area contributed by atoms with E-state index in [-0.39, 0.29) is 6.29 Å². The zero-order chi connectivity index (χ0) is 27.9. The first-order valence-corrected chi connectivity index (χ1v) is 14.3. The van der Waals surface area contributed by atoms with Crippen LogP contribution in [0.4, 0.5) is 5.69 Å². The van der Waals surface area contributed by atoms with Gasteiger partial charge in [-0.2, -0.15) is 5.10 Å². The Morgan fingerprint density at radius 2 is 0.952 bits per heavy atom. The smallest absolute Gasteiger partial charge is 0.203 e. The Morgan fingerprint density at radius 3 is 1.60 bits per heavy atom. The number of nitrogens with zero attached hydrogens (tertiary/aromatic N) is 3. The quantitative estimate of drug-likeness (QED) is 0.236. The summed E-state index contributed by atoms with van der Waals surface area (Å²) in [5.41, 5.74) is 12.7. The summed E-state index contributed by atoms with van der Waals surface area (Å²) in [6.07, 6.45) is -0.267. The van der Waals surface area contributed by atoms with Gasteiger partial charge in [0, 0.05) is 22.0 Å². The molecule has 0 amide bonds. The van der Waals surface area contributed by atoms with E-state index in [1.165, 1.54) is 27.5 Å². The summed E-state index contributed by atoms with van der Waals surface area (Å²) < 4.78 is 2.37. The van der Waals surface area contributed by atoms with E-state index in [0.29, 0.717) is 0 Å². The maximum Gasteiger partial charge on any atom is 0.203 e. The van der Waals surface area contributed by atoms with Gasteiger partial charge < -0.3 is 4.57 Å². The molecule has 0 radical (unpaired) electrons. The van der Waals surface area contributed by atoms with Crippen LogP contribution in [0.5, 0.6) is 0 Å². The van der Waals surface area contributed by atoms with Crippen molar-refractivity contribution in [1.82, 2.24) is 9.99 Å². The second-order valence-corrected chi connectivity index (χ2v) is 10.6. The van der Waals surface area contributed by atoms with Gasteiger partial charge in [0.2, 0.25) is 6.29 Å². The highest BCUT2D eigenvalue weighted by Gasteiger charge is 2.33. The molecule has 0 aliphatic carbocycles. The van der Waals surface area contributed by atoms with E-state index in [1.807, 2.05) is 0 Å². The molecular formula is C38H28N4. The van der Waals surface area contributed by atoms with Gasteiger partial charge in [-0.25, -0.2) is 0 Å². The van der Waals surface area contributed by atoms with Gasteiger partial charge in [0.1, 0.15) is 0 Å². The molecular weight excluding hydrogens is 512 g/mol. The Bertz CT molecular complexity index is 2020. The standard InChI is InChI=1S/C38H28N4/c1-3-13-27(14-4-1)29-17-11-19-31(25-29)37-39-40-38(41(37)32-20-12-18-30(26-32)28-15-5-2-6-16-28)42-35-23-9-7-21-33(35)34-22-8-10-24-36(34)42/h1-26,38,40H. The largest absolute Gasteiger partial charge is 0.301 e. The van der Waals surface area contributed by atoms with Crippen molar-refractivity contribution in [2.75, 3.05) is 4.90 Å². The van der Waals surface area contributed by atoms with Gasteiger partial charge in [-0.05, 0) is 52.6 Å². The molecule has 200 valence electrons. The maximum absolute atomic E-state index is 5.02. The number of nitrogens with one attached hydrogen (secondary N) is 1. The minimum atomic E-state index is -0.267. The number of hydrazone groups is 1. The van der Waals surface area contributed by atoms with Gasteiger partial charge >= 0.3 is 0 Å². The summed E-state index contributed by atoms with van der Waals surface area (Å²) in [5.74, 6) is 0.879. The third-order valence-corrected chi connectivity index (χ3v) is 8.08. The van der Waals surface area contributed by atoms with Crippen molar-refractivity contribution in [2.24, 2.45) is 5.10 Å². The van der Waals surface area contributed by atoms with Gasteiger partial charge in [0.25, 0.3) is 0 Å². The molecule has 1 N–H and O–H groups in total. The van der Waals surface area contributed by atoms with E-state index in [2.05, 4.69) is 173 Å². The van der Waals surface area contributed by atoms with E-state index in [9.17, 15) is 0 Å². The van der Waals surface area contributed by atoms with Crippen LogP contribution in [-0.2, 0) is 0 Å². The van der Waals surface area contributed by atoms with Crippen LogP contribution in [0.2, 0.25) is 0 Å². The van der Waals surface area contributed by atoms with Crippen molar-refractivity contribution in [1.29, 1.82) is 0 Å². The minimum absolute atomic E-state index is 0.267. The summed E-state index contributed by atoms with van der Waals surface area (Å²) in [4.78, 5) is 2.33. The van der Waals surface area contributed by atoms with Crippen LogP contribution in [0.15, 0.2) is 163 Å². The van der Waals surface area contributed by atoms with Gasteiger partial charge in [0.15, 0.2) is 5.84 Å². The highest BCUT2D eigenvalue weighted by Crippen LogP contribution is 2.37. The van der Waals surface area contributed by atoms with Crippen molar-refractivity contribution in [2.45, 2.75) is 6.29 Å². The summed E-state index contributed by atoms with van der Waals surface area (Å²) in [5, 5.41) is 7.48. The van der Waals surface area contributed by atoms with Crippen LogP contribution < -0.4 is 10.3 Å². The van der Waals surface area contributed by atoms with Crippen LogP contribution in [0.1, 0.15) is 11.9 Å². The lowest BCUT2D eigenvalue weighted by atomic mass is 10.0. The van der Waals surface area contributed by atoms with Crippen LogP contribution in [0.3, 0.4) is 0 Å². The van der Waals surface area contributed by atoms with Crippen LogP contribution >= 0.6 is 0 Å². The van der Waals surface area contributed by atoms with E-state index in [0.717, 1.165) is 33.7 Å². The summed E-state index contributed by atoms with van der Waals surface area (Å²) >= 11 is 0. The summed E-state index contributed by atoms with van der Waals surface area (Å²) in [6, 6.07) is 55.7. The van der Waals surface area contributed by atoms with Crippen molar-refractivity contribution in [3.05, 3.63) is 163 Å². The monoisotopic (exact) mass is 540 g/mol. The van der Waals surface area contributed by atoms with Crippen molar-refractivity contribution in [3.8, 4) is 22.3 Å². The molecule has 0 fully saturated rings. The number of benzene rings is 6. The van der Waals surface area contributed by atoms with Crippen molar-refractivity contribution in [3.63, 3.8) is 0 Å². The molecule has 8 rings (SSSR count). The molecule has 0 saturated carbocycles. The number of fused-ring (bicyclic) bond motifs is 3. The molecule has 0 spiro atoms. The van der Waals surface area contributed by atoms with E-state index in [4.69, 9.17) is 5.10 Å². The molecule has 1 unspecified atom stereocenters. The average molecular weight is 541 g/mol. The second kappa shape index (κ2) is 10.1. The Hall–Kier alpha value is -5.61. The van der Waals surface area contributed by atoms with E-state index >= 15 is 0 Å². The SMILES string of the molecule is c1ccc(-c2cccc(C3=NNC(n4c5ccccc5c5ccccc54)N3c3cccc(-c4ccccc4)c3)c2)cc1. The Morgan fingerprint density at radius 1 is 0.452 bits per heavy atom. The van der Waals surface area contributed by atoms with Crippen molar-refractivity contribution < 1.29 is 0 Å². The molecule has 1 aromatic heterocycles. The fourth-order valence-corrected chi connectivity index (χ4v) is 6.14. The molecule has 2 heterocycles. The number of aromatic nitrogens is 1. The lowest BCUT2D eigenvalue weighted by molar-refractivity contribution is 0.481. The predicted octanol–water partition coefficient (Wildman–Crippen LogP) is 9.06. The lowest BCUT2D eigenvalue weighted by Gasteiger charge is -2.30. The Kier molecular flexibility index (Phi) is 5.82. The van der Waals surface area contributed by atoms with Gasteiger partial charge in [-0.15, -0.1) is 0 Å². The zero-order valence-corrected chi connectivity index (χ0v) is 22.9. The molecule has 4 heteroatoms. The second-order valence-electron chi connectivity index (χ2n) is 10.6. The molecule has 0 bridgehead atoms. The number of hydrogen-bond acceptors (Lipinski definition) is 3. The number of hydrogen-bond donors (Lipinski definition) is 1. The van der Waals surface area contributed by atoms with Crippen molar-refractivity contribution >= 4 is 33.3 Å². The number of rotatable bonds is 5. The van der Waals surface area contributed by atoms with Crippen LogP contribution in [0.25, 0.3) is 44.1 Å². The zero-order valence-electron chi connectivity index (χ0n) is 22.9.